The van der Waals surface area contributed by atoms with Gasteiger partial charge in [-0.3, -0.25) is 9.80 Å². The normalized spacial score (nSPS) is 22.6. The number of nitrogens with two attached hydrogens (primary N) is 1. The van der Waals surface area contributed by atoms with Crippen LogP contribution in [0.1, 0.15) is 18.6 Å². The van der Waals surface area contributed by atoms with Gasteiger partial charge in [-0.15, -0.1) is 0 Å². The van der Waals surface area contributed by atoms with Crippen molar-refractivity contribution in [3.8, 4) is 5.75 Å². The van der Waals surface area contributed by atoms with E-state index in [1.807, 2.05) is 23.2 Å². The molecule has 13 heteroatoms. The summed E-state index contributed by atoms with van der Waals surface area (Å²) < 4.78 is 17.1. The summed E-state index contributed by atoms with van der Waals surface area (Å²) in [5.74, 6) is 8.19. The van der Waals surface area contributed by atoms with Gasteiger partial charge in [0, 0.05) is 52.0 Å². The van der Waals surface area contributed by atoms with Crippen LogP contribution in [0, 0.1) is 0 Å². The van der Waals surface area contributed by atoms with Crippen LogP contribution in [-0.2, 0) is 4.74 Å². The van der Waals surface area contributed by atoms with Crippen LogP contribution in [0.15, 0.2) is 62.8 Å². The minimum absolute atomic E-state index is 0.109. The largest absolute Gasteiger partial charge is 0.491 e. The molecule has 1 unspecified atom stereocenters. The Labute approximate surface area is 238 Å². The Balaban J connectivity index is 0.940. The Bertz CT molecular complexity index is 1350. The molecule has 3 fully saturated rings. The number of hydrazine groups is 2. The van der Waals surface area contributed by atoms with E-state index in [2.05, 4.69) is 26.9 Å². The third kappa shape index (κ3) is 5.00. The summed E-state index contributed by atoms with van der Waals surface area (Å²) in [6.45, 7) is 6.18. The van der Waals surface area contributed by atoms with Gasteiger partial charge in [0.15, 0.2) is 11.6 Å². The van der Waals surface area contributed by atoms with Crippen molar-refractivity contribution in [3.63, 3.8) is 0 Å². The molecule has 0 radical (unpaired) electrons. The molecule has 2 amide bonds. The van der Waals surface area contributed by atoms with E-state index in [9.17, 15) is 4.79 Å². The zero-order valence-corrected chi connectivity index (χ0v) is 23.1. The van der Waals surface area contributed by atoms with Crippen molar-refractivity contribution in [2.45, 2.75) is 25.2 Å². The average molecular weight is 562 g/mol. The molecule has 1 atom stereocenters. The molecule has 13 nitrogen and oxygen atoms in total. The Morgan fingerprint density at radius 2 is 1.85 bits per heavy atom. The van der Waals surface area contributed by atoms with E-state index >= 15 is 0 Å². The zero-order chi connectivity index (χ0) is 27.9. The lowest BCUT2D eigenvalue weighted by Crippen LogP contribution is -2.49. The second kappa shape index (κ2) is 10.7. The summed E-state index contributed by atoms with van der Waals surface area (Å²) in [7, 11) is 1.75. The van der Waals surface area contributed by atoms with Crippen LogP contribution in [0.2, 0.25) is 0 Å². The van der Waals surface area contributed by atoms with Crippen LogP contribution >= 0.6 is 0 Å². The van der Waals surface area contributed by atoms with Gasteiger partial charge < -0.3 is 18.8 Å². The summed E-state index contributed by atoms with van der Waals surface area (Å²) >= 11 is 0. The van der Waals surface area contributed by atoms with Gasteiger partial charge in [0.05, 0.1) is 19.0 Å². The van der Waals surface area contributed by atoms with Crippen LogP contribution in [0.4, 0.5) is 10.5 Å². The predicted octanol–water partition coefficient (Wildman–Crippen LogP) is 1.83. The quantitative estimate of drug-likeness (QED) is 0.342. The molecule has 2 saturated heterocycles. The van der Waals surface area contributed by atoms with Crippen molar-refractivity contribution in [3.05, 3.63) is 54.1 Å². The Morgan fingerprint density at radius 1 is 1.05 bits per heavy atom. The number of carbonyl (C=O) groups excluding carboxylic acids is 1. The molecule has 5 aliphatic rings. The number of benzene rings is 1. The second-order valence-electron chi connectivity index (χ2n) is 10.7. The van der Waals surface area contributed by atoms with Crippen molar-refractivity contribution >= 4 is 29.6 Å². The molecular formula is C28H35N9O4. The fourth-order valence-corrected chi connectivity index (χ4v) is 5.61. The molecule has 1 aliphatic carbocycles. The van der Waals surface area contributed by atoms with Crippen LogP contribution in [0.3, 0.4) is 0 Å². The third-order valence-electron chi connectivity index (χ3n) is 8.02. The van der Waals surface area contributed by atoms with Gasteiger partial charge in [-0.05, 0) is 49.2 Å². The van der Waals surface area contributed by atoms with Gasteiger partial charge in [0.2, 0.25) is 6.29 Å². The monoisotopic (exact) mass is 561 g/mol. The maximum absolute atomic E-state index is 13.3. The molecule has 41 heavy (non-hydrogen) atoms. The molecule has 4 aliphatic heterocycles. The topological polar surface area (TPSA) is 119 Å². The van der Waals surface area contributed by atoms with E-state index < -0.39 is 6.29 Å². The van der Waals surface area contributed by atoms with Crippen molar-refractivity contribution in [1.82, 2.24) is 24.8 Å². The average Bonchev–Trinajstić information content (AvgIpc) is 3.40. The fraction of sp³-hybridized carbons (Fsp3) is 0.464. The Morgan fingerprint density at radius 3 is 2.59 bits per heavy atom. The SMILES string of the molecule is CN1C(=O)N(CCN2CCN(c3ccc(OCCOC4CC4)cc3)CC2)C2N=C3C(=C(c4ccco4)N=CN3N)N21. The number of anilines is 1. The van der Waals surface area contributed by atoms with E-state index in [0.29, 0.717) is 48.9 Å². The van der Waals surface area contributed by atoms with E-state index in [1.165, 1.54) is 29.9 Å². The highest BCUT2D eigenvalue weighted by atomic mass is 16.5. The van der Waals surface area contributed by atoms with Crippen molar-refractivity contribution in [1.29, 1.82) is 0 Å². The smallest absolute Gasteiger partial charge is 0.341 e. The Hall–Kier alpha value is -4.07. The van der Waals surface area contributed by atoms with E-state index in [-0.39, 0.29) is 6.03 Å². The Kier molecular flexibility index (Phi) is 6.77. The standard InChI is InChI=1S/C28H35N9O4/c1-32-28(38)35(27-31-26-25(37(27)32)24(30-19-36(26)29)23-3-2-16-41-23)15-12-33-10-13-34(14-11-33)20-4-6-21(7-5-20)39-17-18-40-22-8-9-22/h2-7,16,19,22,27H,8-15,17-18,29H2,1H3. The van der Waals surface area contributed by atoms with Gasteiger partial charge in [-0.1, -0.05) is 0 Å². The number of furan rings is 1. The van der Waals surface area contributed by atoms with Gasteiger partial charge in [0.1, 0.15) is 30.1 Å². The van der Waals surface area contributed by atoms with Crippen LogP contribution < -0.4 is 15.5 Å². The molecular weight excluding hydrogens is 526 g/mol. The lowest BCUT2D eigenvalue weighted by Gasteiger charge is -2.36. The highest BCUT2D eigenvalue weighted by Crippen LogP contribution is 2.38. The van der Waals surface area contributed by atoms with Crippen molar-refractivity contribution < 1.29 is 18.7 Å². The number of urea groups is 1. The molecule has 2 N–H and O–H groups in total. The number of fused-ring (bicyclic) bond motifs is 3. The molecule has 7 rings (SSSR count). The molecule has 2 aromatic rings. The molecule has 5 heterocycles. The van der Waals surface area contributed by atoms with Gasteiger partial charge >= 0.3 is 6.03 Å². The number of amides is 2. The summed E-state index contributed by atoms with van der Waals surface area (Å²) in [5.41, 5.74) is 2.44. The molecule has 1 aromatic heterocycles. The maximum atomic E-state index is 13.3. The second-order valence-corrected chi connectivity index (χ2v) is 10.7. The molecule has 0 spiro atoms. The van der Waals surface area contributed by atoms with Gasteiger partial charge in [-0.2, -0.15) is 0 Å². The molecule has 1 saturated carbocycles. The van der Waals surface area contributed by atoms with Crippen molar-refractivity contribution in [2.75, 3.05) is 64.4 Å². The highest BCUT2D eigenvalue weighted by molar-refractivity contribution is 6.12. The number of amidine groups is 1. The van der Waals surface area contributed by atoms with E-state index in [4.69, 9.17) is 24.7 Å². The summed E-state index contributed by atoms with van der Waals surface area (Å²) in [5, 5.41) is 4.81. The summed E-state index contributed by atoms with van der Waals surface area (Å²) in [4.78, 5) is 29.2. The number of rotatable bonds is 10. The number of carbonyl (C=O) groups is 1. The van der Waals surface area contributed by atoms with Crippen LogP contribution in [0.25, 0.3) is 5.70 Å². The minimum atomic E-state index is -0.516. The van der Waals surface area contributed by atoms with E-state index in [0.717, 1.165) is 38.5 Å². The van der Waals surface area contributed by atoms with Crippen molar-refractivity contribution in [2.24, 2.45) is 15.8 Å². The predicted molar refractivity (Wildman–Crippen MR) is 153 cm³/mol. The highest BCUT2D eigenvalue weighted by Gasteiger charge is 2.51. The number of aliphatic imine (C=N–C) groups is 2. The summed E-state index contributed by atoms with van der Waals surface area (Å²) in [6.07, 6.45) is 5.41. The fourth-order valence-electron chi connectivity index (χ4n) is 5.61. The third-order valence-corrected chi connectivity index (χ3v) is 8.02. The first-order valence-electron chi connectivity index (χ1n) is 14.2. The number of hydrogen-bond acceptors (Lipinski definition) is 11. The number of hydrogen-bond donors (Lipinski definition) is 1. The first-order chi connectivity index (χ1) is 20.1. The van der Waals surface area contributed by atoms with Crippen LogP contribution in [-0.4, -0.2) is 115 Å². The lowest BCUT2D eigenvalue weighted by molar-refractivity contribution is 0.0841. The maximum Gasteiger partial charge on any atom is 0.341 e. The number of piperazine rings is 1. The summed E-state index contributed by atoms with van der Waals surface area (Å²) in [6, 6.07) is 11.8. The lowest BCUT2D eigenvalue weighted by atomic mass is 10.2. The zero-order valence-electron chi connectivity index (χ0n) is 23.1. The minimum Gasteiger partial charge on any atom is -0.491 e. The van der Waals surface area contributed by atoms with Gasteiger partial charge in [-0.25, -0.2) is 35.6 Å². The van der Waals surface area contributed by atoms with Crippen LogP contribution in [0.5, 0.6) is 5.75 Å². The first kappa shape index (κ1) is 25.9. The van der Waals surface area contributed by atoms with E-state index in [1.54, 1.807) is 29.3 Å². The molecule has 216 valence electrons. The van der Waals surface area contributed by atoms with Gasteiger partial charge in [0.25, 0.3) is 0 Å². The number of nitrogens with zero attached hydrogens (tertiary/aromatic N) is 8. The molecule has 0 bridgehead atoms. The molecule has 1 aromatic carbocycles. The first-order valence-corrected chi connectivity index (χ1v) is 14.2. The number of ether oxygens (including phenoxy) is 2.